The van der Waals surface area contributed by atoms with E-state index < -0.39 is 17.3 Å². The fraction of sp³-hybridized carbons (Fsp3) is 0.462. The number of aliphatic carboxylic acids is 1. The minimum Gasteiger partial charge on any atom is -0.496 e. The third-order valence-corrected chi connectivity index (χ3v) is 2.85. The van der Waals surface area contributed by atoms with Crippen molar-refractivity contribution in [3.63, 3.8) is 0 Å². The lowest BCUT2D eigenvalue weighted by Gasteiger charge is -2.28. The molecule has 1 aromatic rings. The summed E-state index contributed by atoms with van der Waals surface area (Å²) in [6.07, 6.45) is 0.750. The van der Waals surface area contributed by atoms with Crippen molar-refractivity contribution in [1.29, 1.82) is 0 Å². The molecule has 2 N–H and O–H groups in total. The molecule has 0 aliphatic heterocycles. The van der Waals surface area contributed by atoms with Crippen LogP contribution in [0.5, 0.6) is 5.75 Å². The van der Waals surface area contributed by atoms with Gasteiger partial charge in [0.05, 0.1) is 12.7 Å². The molecule has 18 heavy (non-hydrogen) atoms. The monoisotopic (exact) mass is 255 g/mol. The Balaban J connectivity index is 3.33. The normalized spacial score (nSPS) is 14.0. The minimum atomic E-state index is -1.51. The summed E-state index contributed by atoms with van der Waals surface area (Å²) in [6, 6.07) is 4.26. The van der Waals surface area contributed by atoms with Gasteiger partial charge < -0.3 is 9.84 Å². The highest BCUT2D eigenvalue weighted by molar-refractivity contribution is 5.81. The minimum absolute atomic E-state index is 0.0217. The van der Waals surface area contributed by atoms with E-state index in [-0.39, 0.29) is 11.3 Å². The zero-order chi connectivity index (χ0) is 13.8. The first-order chi connectivity index (χ1) is 8.47. The van der Waals surface area contributed by atoms with Gasteiger partial charge in [0, 0.05) is 0 Å². The Kier molecular flexibility index (Phi) is 4.67. The van der Waals surface area contributed by atoms with Crippen molar-refractivity contribution in [2.45, 2.75) is 25.8 Å². The summed E-state index contributed by atoms with van der Waals surface area (Å²) in [6.45, 7) is 3.82. The van der Waals surface area contributed by atoms with Gasteiger partial charge in [-0.05, 0) is 32.0 Å². The molecule has 0 saturated carbocycles. The number of nitrogens with one attached hydrogen (secondary N) is 1. The van der Waals surface area contributed by atoms with Gasteiger partial charge in [0.1, 0.15) is 17.1 Å². The van der Waals surface area contributed by atoms with E-state index >= 15 is 0 Å². The van der Waals surface area contributed by atoms with Gasteiger partial charge in [-0.15, -0.1) is 0 Å². The summed E-state index contributed by atoms with van der Waals surface area (Å²) in [5.41, 5.74) is -1.49. The van der Waals surface area contributed by atoms with E-state index in [1.165, 1.54) is 26.2 Å². The highest BCUT2D eigenvalue weighted by atomic mass is 19.1. The lowest BCUT2D eigenvalue weighted by molar-refractivity contribution is -0.144. The number of hydrogen-bond donors (Lipinski definition) is 2. The van der Waals surface area contributed by atoms with Crippen LogP contribution in [0.25, 0.3) is 0 Å². The second kappa shape index (κ2) is 5.82. The Labute approximate surface area is 106 Å². The van der Waals surface area contributed by atoms with Crippen LogP contribution in [0.1, 0.15) is 25.8 Å². The highest BCUT2D eigenvalue weighted by Gasteiger charge is 2.39. The molecule has 1 rings (SSSR count). The molecule has 100 valence electrons. The first-order valence-electron chi connectivity index (χ1n) is 5.78. The first kappa shape index (κ1) is 14.4. The molecule has 0 bridgehead atoms. The van der Waals surface area contributed by atoms with E-state index in [0.29, 0.717) is 6.54 Å². The smallest absolute Gasteiger partial charge is 0.328 e. The zero-order valence-electron chi connectivity index (χ0n) is 10.8. The Morgan fingerprint density at radius 2 is 2.22 bits per heavy atom. The number of carboxylic acids is 1. The standard InChI is InChI=1S/C13H18FNO3/c1-4-8-15-13(2,12(16)17)11-9(14)6-5-7-10(11)18-3/h5-7,15H,4,8H2,1-3H3,(H,16,17). The van der Waals surface area contributed by atoms with Gasteiger partial charge in [0.15, 0.2) is 0 Å². The molecule has 0 amide bonds. The van der Waals surface area contributed by atoms with E-state index in [4.69, 9.17) is 4.74 Å². The molecule has 1 atom stereocenters. The Morgan fingerprint density at radius 3 is 2.72 bits per heavy atom. The fourth-order valence-corrected chi connectivity index (χ4v) is 1.81. The molecule has 4 nitrogen and oxygen atoms in total. The van der Waals surface area contributed by atoms with Crippen molar-refractivity contribution < 1.29 is 19.0 Å². The van der Waals surface area contributed by atoms with Crippen molar-refractivity contribution in [1.82, 2.24) is 5.32 Å². The maximum absolute atomic E-state index is 13.9. The molecular weight excluding hydrogens is 237 g/mol. The van der Waals surface area contributed by atoms with Gasteiger partial charge in [-0.25, -0.2) is 9.18 Å². The van der Waals surface area contributed by atoms with Crippen LogP contribution in [-0.4, -0.2) is 24.7 Å². The average molecular weight is 255 g/mol. The first-order valence-corrected chi connectivity index (χ1v) is 5.78. The number of carbonyl (C=O) groups is 1. The van der Waals surface area contributed by atoms with Crippen LogP contribution in [0, 0.1) is 5.82 Å². The van der Waals surface area contributed by atoms with Crippen LogP contribution in [0.2, 0.25) is 0 Å². The number of methoxy groups -OCH3 is 1. The van der Waals surface area contributed by atoms with Crippen molar-refractivity contribution in [3.8, 4) is 5.75 Å². The Morgan fingerprint density at radius 1 is 1.56 bits per heavy atom. The summed E-state index contributed by atoms with van der Waals surface area (Å²) in [4.78, 5) is 11.5. The van der Waals surface area contributed by atoms with Crippen LogP contribution in [0.3, 0.4) is 0 Å². The maximum atomic E-state index is 13.9. The number of ether oxygens (including phenoxy) is 1. The molecule has 0 aliphatic carbocycles. The van der Waals surface area contributed by atoms with Crippen molar-refractivity contribution in [2.75, 3.05) is 13.7 Å². The van der Waals surface area contributed by atoms with Gasteiger partial charge in [-0.1, -0.05) is 13.0 Å². The molecule has 0 fully saturated rings. The Hall–Kier alpha value is -1.62. The van der Waals surface area contributed by atoms with E-state index in [1.54, 1.807) is 6.07 Å². The van der Waals surface area contributed by atoms with Gasteiger partial charge >= 0.3 is 5.97 Å². The molecule has 0 heterocycles. The third-order valence-electron chi connectivity index (χ3n) is 2.85. The van der Waals surface area contributed by atoms with Crippen LogP contribution >= 0.6 is 0 Å². The van der Waals surface area contributed by atoms with E-state index in [1.807, 2.05) is 6.92 Å². The van der Waals surface area contributed by atoms with Gasteiger partial charge in [-0.3, -0.25) is 5.32 Å². The molecule has 0 aromatic heterocycles. The van der Waals surface area contributed by atoms with Gasteiger partial charge in [-0.2, -0.15) is 0 Å². The van der Waals surface area contributed by atoms with Crippen LogP contribution < -0.4 is 10.1 Å². The van der Waals surface area contributed by atoms with Crippen molar-refractivity contribution >= 4 is 5.97 Å². The molecule has 0 saturated heterocycles. The van der Waals surface area contributed by atoms with E-state index in [2.05, 4.69) is 5.32 Å². The average Bonchev–Trinajstić information content (AvgIpc) is 2.35. The summed E-state index contributed by atoms with van der Waals surface area (Å²) in [5.74, 6) is -1.51. The van der Waals surface area contributed by atoms with Crippen LogP contribution in [-0.2, 0) is 10.3 Å². The summed E-state index contributed by atoms with van der Waals surface area (Å²) in [5, 5.41) is 12.2. The summed E-state index contributed by atoms with van der Waals surface area (Å²) >= 11 is 0. The predicted octanol–water partition coefficient (Wildman–Crippen LogP) is 2.13. The van der Waals surface area contributed by atoms with Crippen molar-refractivity contribution in [2.24, 2.45) is 0 Å². The summed E-state index contributed by atoms with van der Waals surface area (Å²) < 4.78 is 19.0. The lowest BCUT2D eigenvalue weighted by Crippen LogP contribution is -2.47. The van der Waals surface area contributed by atoms with Gasteiger partial charge in [0.2, 0.25) is 0 Å². The predicted molar refractivity (Wildman–Crippen MR) is 66.2 cm³/mol. The number of benzene rings is 1. The molecule has 5 heteroatoms. The maximum Gasteiger partial charge on any atom is 0.328 e. The second-order valence-electron chi connectivity index (χ2n) is 4.17. The Bertz CT molecular complexity index is 436. The summed E-state index contributed by atoms with van der Waals surface area (Å²) in [7, 11) is 1.39. The zero-order valence-corrected chi connectivity index (χ0v) is 10.8. The third kappa shape index (κ3) is 2.61. The van der Waals surface area contributed by atoms with Crippen molar-refractivity contribution in [3.05, 3.63) is 29.6 Å². The molecule has 1 unspecified atom stereocenters. The molecule has 1 aromatic carbocycles. The molecular formula is C13H18FNO3. The largest absolute Gasteiger partial charge is 0.496 e. The van der Waals surface area contributed by atoms with Gasteiger partial charge in [0.25, 0.3) is 0 Å². The second-order valence-corrected chi connectivity index (χ2v) is 4.17. The van der Waals surface area contributed by atoms with E-state index in [9.17, 15) is 14.3 Å². The number of rotatable bonds is 6. The van der Waals surface area contributed by atoms with E-state index in [0.717, 1.165) is 6.42 Å². The number of halogens is 1. The topological polar surface area (TPSA) is 58.6 Å². The lowest BCUT2D eigenvalue weighted by atomic mass is 9.90. The molecule has 0 aliphatic rings. The molecule has 0 spiro atoms. The molecule has 0 radical (unpaired) electrons. The van der Waals surface area contributed by atoms with Crippen LogP contribution in [0.4, 0.5) is 4.39 Å². The van der Waals surface area contributed by atoms with Crippen LogP contribution in [0.15, 0.2) is 18.2 Å². The number of hydrogen-bond acceptors (Lipinski definition) is 3. The number of carboxylic acid groups (broad SMARTS) is 1. The SMILES string of the molecule is CCCNC(C)(C(=O)O)c1c(F)cccc1OC. The fourth-order valence-electron chi connectivity index (χ4n) is 1.81. The highest BCUT2D eigenvalue weighted by Crippen LogP contribution is 2.32. The quantitative estimate of drug-likeness (QED) is 0.817.